The Morgan fingerprint density at radius 1 is 1.15 bits per heavy atom. The first kappa shape index (κ1) is 16.9. The standard InChI is InChI=1S/C13H18NO.ClHO4/c1-9-13(2,3)11-8-10(15-5)6-7-12(11)14(9)4;2-1(3,4)5/h6-8H,1-5H3;(H,2,3,4,5)/q+1;/p-1. The van der Waals surface area contributed by atoms with Gasteiger partial charge < -0.3 is 4.74 Å². The van der Waals surface area contributed by atoms with Crippen LogP contribution in [-0.4, -0.2) is 24.4 Å². The zero-order valence-electron chi connectivity index (χ0n) is 12.1. The molecule has 0 atom stereocenters. The van der Waals surface area contributed by atoms with Crippen LogP contribution in [0, 0.1) is 10.2 Å². The Kier molecular flexibility index (Phi) is 4.78. The van der Waals surface area contributed by atoms with E-state index in [9.17, 15) is 0 Å². The van der Waals surface area contributed by atoms with Crippen molar-refractivity contribution >= 4 is 11.4 Å². The van der Waals surface area contributed by atoms with E-state index < -0.39 is 10.2 Å². The molecule has 0 bridgehead atoms. The number of rotatable bonds is 1. The zero-order valence-corrected chi connectivity index (χ0v) is 12.9. The molecule has 1 aromatic rings. The molecule has 6 nitrogen and oxygen atoms in total. The maximum Gasteiger partial charge on any atom is 0.209 e. The van der Waals surface area contributed by atoms with Gasteiger partial charge in [-0.15, -0.1) is 10.2 Å². The molecule has 2 rings (SSSR count). The highest BCUT2D eigenvalue weighted by molar-refractivity contribution is 5.93. The fraction of sp³-hybridized carbons (Fsp3) is 0.462. The summed E-state index contributed by atoms with van der Waals surface area (Å²) in [5.41, 5.74) is 4.13. The van der Waals surface area contributed by atoms with Crippen molar-refractivity contribution in [2.45, 2.75) is 26.2 Å². The highest BCUT2D eigenvalue weighted by Crippen LogP contribution is 2.40. The fourth-order valence-electron chi connectivity index (χ4n) is 2.23. The molecule has 0 saturated carbocycles. The van der Waals surface area contributed by atoms with E-state index in [1.165, 1.54) is 17.0 Å². The van der Waals surface area contributed by atoms with E-state index in [0.717, 1.165) is 5.75 Å². The molecule has 1 aliphatic heterocycles. The van der Waals surface area contributed by atoms with Crippen molar-refractivity contribution < 1.29 is 38.2 Å². The summed E-state index contributed by atoms with van der Waals surface area (Å²) in [6.45, 7) is 6.70. The van der Waals surface area contributed by atoms with E-state index in [0.29, 0.717) is 0 Å². The molecular weight excluding hydrogens is 286 g/mol. The smallest absolute Gasteiger partial charge is 0.209 e. The van der Waals surface area contributed by atoms with Crippen molar-refractivity contribution in [3.63, 3.8) is 0 Å². The molecule has 1 heterocycles. The van der Waals surface area contributed by atoms with Crippen LogP contribution in [0.2, 0.25) is 0 Å². The highest BCUT2D eigenvalue weighted by Gasteiger charge is 2.41. The molecule has 0 N–H and O–H groups in total. The van der Waals surface area contributed by atoms with Crippen LogP contribution >= 0.6 is 0 Å². The molecule has 20 heavy (non-hydrogen) atoms. The van der Waals surface area contributed by atoms with Gasteiger partial charge in [0.1, 0.15) is 12.8 Å². The number of halogens is 1. The molecule has 7 heteroatoms. The summed E-state index contributed by atoms with van der Waals surface area (Å²) in [5, 5.41) is 0. The third kappa shape index (κ3) is 3.68. The first-order valence-electron chi connectivity index (χ1n) is 5.86. The number of hydrogen-bond acceptors (Lipinski definition) is 5. The number of fused-ring (bicyclic) bond motifs is 1. The molecule has 112 valence electrons. The SMILES string of the molecule is COc1ccc2c(c1)C(C)(C)C(C)=[N+]2C.[O-][Cl+3]([O-])([O-])[O-]. The summed E-state index contributed by atoms with van der Waals surface area (Å²) in [5.74, 6) is 0.935. The van der Waals surface area contributed by atoms with Crippen LogP contribution in [0.25, 0.3) is 0 Å². The van der Waals surface area contributed by atoms with E-state index in [2.05, 4.69) is 44.5 Å². The van der Waals surface area contributed by atoms with Crippen LogP contribution in [0.4, 0.5) is 5.69 Å². The second kappa shape index (κ2) is 5.67. The lowest BCUT2D eigenvalue weighted by Gasteiger charge is -2.17. The van der Waals surface area contributed by atoms with Gasteiger partial charge in [0.25, 0.3) is 0 Å². The lowest BCUT2D eigenvalue weighted by molar-refractivity contribution is -2.00. The Hall–Kier alpha value is -1.18. The largest absolute Gasteiger partial charge is 0.497 e. The van der Waals surface area contributed by atoms with Crippen molar-refractivity contribution in [2.75, 3.05) is 14.2 Å². The van der Waals surface area contributed by atoms with Crippen LogP contribution in [0.5, 0.6) is 5.75 Å². The number of ether oxygens (including phenoxy) is 1. The van der Waals surface area contributed by atoms with E-state index in [1.807, 2.05) is 6.07 Å². The molecule has 0 unspecified atom stereocenters. The van der Waals surface area contributed by atoms with Crippen LogP contribution in [0.3, 0.4) is 0 Å². The predicted molar refractivity (Wildman–Crippen MR) is 62.5 cm³/mol. The van der Waals surface area contributed by atoms with Gasteiger partial charge in [0.05, 0.1) is 12.5 Å². The lowest BCUT2D eigenvalue weighted by atomic mass is 9.82. The van der Waals surface area contributed by atoms with E-state index in [4.69, 9.17) is 23.4 Å². The third-order valence-corrected chi connectivity index (χ3v) is 3.65. The molecule has 1 aromatic carbocycles. The number of benzene rings is 1. The summed E-state index contributed by atoms with van der Waals surface area (Å²) >= 11 is 0. The van der Waals surface area contributed by atoms with Gasteiger partial charge in [-0.1, -0.05) is 0 Å². The second-order valence-corrected chi connectivity index (χ2v) is 5.79. The molecule has 0 saturated heterocycles. The van der Waals surface area contributed by atoms with Crippen molar-refractivity contribution in [3.8, 4) is 5.75 Å². The van der Waals surface area contributed by atoms with Crippen molar-refractivity contribution in [2.24, 2.45) is 0 Å². The lowest BCUT2D eigenvalue weighted by Crippen LogP contribution is -2.68. The fourth-order valence-corrected chi connectivity index (χ4v) is 2.23. The van der Waals surface area contributed by atoms with Crippen molar-refractivity contribution in [1.29, 1.82) is 0 Å². The Morgan fingerprint density at radius 2 is 1.65 bits per heavy atom. The maximum absolute atomic E-state index is 8.49. The maximum atomic E-state index is 8.49. The summed E-state index contributed by atoms with van der Waals surface area (Å²) in [4.78, 5) is 0. The minimum atomic E-state index is -4.94. The van der Waals surface area contributed by atoms with E-state index in [1.54, 1.807) is 7.11 Å². The average molecular weight is 304 g/mol. The van der Waals surface area contributed by atoms with Gasteiger partial charge in [-0.05, 0) is 26.0 Å². The number of nitrogens with zero attached hydrogens (tertiary/aromatic N) is 1. The minimum Gasteiger partial charge on any atom is -0.497 e. The van der Waals surface area contributed by atoms with Gasteiger partial charge in [-0.3, -0.25) is 0 Å². The van der Waals surface area contributed by atoms with E-state index in [-0.39, 0.29) is 5.41 Å². The molecule has 1 aliphatic rings. The minimum absolute atomic E-state index is 0.110. The van der Waals surface area contributed by atoms with Crippen molar-refractivity contribution in [3.05, 3.63) is 23.8 Å². The molecular formula is C13H18ClNO5. The molecule has 0 fully saturated rings. The monoisotopic (exact) mass is 303 g/mol. The summed E-state index contributed by atoms with van der Waals surface area (Å²) in [7, 11) is -1.11. The van der Waals surface area contributed by atoms with Crippen LogP contribution in [0.15, 0.2) is 18.2 Å². The number of hydrogen-bond donors (Lipinski definition) is 0. The van der Waals surface area contributed by atoms with E-state index >= 15 is 0 Å². The van der Waals surface area contributed by atoms with Gasteiger partial charge in [-0.2, -0.15) is 0 Å². The third-order valence-electron chi connectivity index (χ3n) is 3.65. The molecule has 0 amide bonds. The predicted octanol–water partition coefficient (Wildman–Crippen LogP) is -2.03. The normalized spacial score (nSPS) is 16.4. The molecule has 0 aliphatic carbocycles. The molecule has 0 aromatic heterocycles. The molecule has 0 radical (unpaired) electrons. The average Bonchev–Trinajstić information content (AvgIpc) is 2.49. The first-order chi connectivity index (χ1) is 8.98. The van der Waals surface area contributed by atoms with Gasteiger partial charge in [0, 0.05) is 18.6 Å². The number of methoxy groups -OCH3 is 1. The molecule has 0 spiro atoms. The quantitative estimate of drug-likeness (QED) is 0.556. The van der Waals surface area contributed by atoms with Crippen LogP contribution in [0.1, 0.15) is 26.3 Å². The van der Waals surface area contributed by atoms with Crippen LogP contribution in [-0.2, 0) is 5.41 Å². The van der Waals surface area contributed by atoms with Gasteiger partial charge in [-0.25, -0.2) is 23.2 Å². The van der Waals surface area contributed by atoms with Crippen LogP contribution < -0.4 is 23.4 Å². The Bertz CT molecular complexity index is 528. The van der Waals surface area contributed by atoms with Gasteiger partial charge in [0.2, 0.25) is 5.69 Å². The zero-order chi connectivity index (χ0) is 15.7. The summed E-state index contributed by atoms with van der Waals surface area (Å²) < 4.78 is 41.5. The first-order valence-corrected chi connectivity index (χ1v) is 7.10. The summed E-state index contributed by atoms with van der Waals surface area (Å²) in [6.07, 6.45) is 0. The highest BCUT2D eigenvalue weighted by atomic mass is 35.7. The summed E-state index contributed by atoms with van der Waals surface area (Å²) in [6, 6.07) is 6.29. The topological polar surface area (TPSA) is 104 Å². The Balaban J connectivity index is 0.000000347. The van der Waals surface area contributed by atoms with Gasteiger partial charge >= 0.3 is 0 Å². The van der Waals surface area contributed by atoms with Crippen molar-refractivity contribution in [1.82, 2.24) is 0 Å². The Labute approximate surface area is 120 Å². The Morgan fingerprint density at radius 3 is 2.10 bits per heavy atom. The second-order valence-electron chi connectivity index (χ2n) is 5.03. The van der Waals surface area contributed by atoms with Gasteiger partial charge in [0.15, 0.2) is 5.71 Å².